The number of carboxylic acids is 1. The van der Waals surface area contributed by atoms with Gasteiger partial charge in [-0.3, -0.25) is 14.4 Å². The second kappa shape index (κ2) is 11.6. The van der Waals surface area contributed by atoms with Gasteiger partial charge in [-0.1, -0.05) is 13.8 Å². The van der Waals surface area contributed by atoms with Crippen molar-refractivity contribution in [2.75, 3.05) is 26.1 Å². The van der Waals surface area contributed by atoms with Gasteiger partial charge in [-0.25, -0.2) is 4.79 Å². The van der Waals surface area contributed by atoms with Crippen LogP contribution < -0.4 is 16.0 Å². The Bertz CT molecular complexity index is 844. The lowest BCUT2D eigenvalue weighted by Gasteiger charge is -2.23. The molecule has 160 valence electrons. The highest BCUT2D eigenvalue weighted by atomic mass is 127. The van der Waals surface area contributed by atoms with Crippen LogP contribution in [0.4, 0.5) is 5.69 Å². The number of carbonyl (C=O) groups is 4. The molecule has 9 nitrogen and oxygen atoms in total. The van der Waals surface area contributed by atoms with Crippen LogP contribution in [0, 0.1) is 16.6 Å². The molecule has 0 saturated heterocycles. The molecule has 0 fully saturated rings. The van der Waals surface area contributed by atoms with Crippen LogP contribution in [0.1, 0.15) is 34.6 Å². The van der Waals surface area contributed by atoms with E-state index in [-0.39, 0.29) is 42.4 Å². The number of benzene rings is 1. The predicted octanol–water partition coefficient (Wildman–Crippen LogP) is 2.28. The summed E-state index contributed by atoms with van der Waals surface area (Å²) in [6.45, 7) is 3.33. The maximum atomic E-state index is 13.0. The van der Waals surface area contributed by atoms with Crippen molar-refractivity contribution in [2.45, 2.75) is 19.9 Å². The number of likely N-dealkylation sites (N-methyl/N-ethyl adjacent to an activating group) is 1. The topological polar surface area (TPSA) is 134 Å². The summed E-state index contributed by atoms with van der Waals surface area (Å²) in [5.74, 6) is -2.90. The minimum atomic E-state index is -1.24. The minimum Gasteiger partial charge on any atom is -0.478 e. The Balaban J connectivity index is 3.57. The fraction of sp³-hybridized carbons (Fsp3) is 0.412. The van der Waals surface area contributed by atoms with Gasteiger partial charge in [-0.15, -0.1) is 0 Å². The second-order valence-corrected chi connectivity index (χ2v) is 9.40. The summed E-state index contributed by atoms with van der Waals surface area (Å²) in [4.78, 5) is 49.0. The van der Waals surface area contributed by atoms with E-state index >= 15 is 0 Å². The summed E-state index contributed by atoms with van der Waals surface area (Å²) >= 11 is 5.49. The van der Waals surface area contributed by atoms with Gasteiger partial charge in [0.15, 0.2) is 0 Å². The lowest BCUT2D eigenvalue weighted by Crippen LogP contribution is -2.49. The van der Waals surface area contributed by atoms with Crippen molar-refractivity contribution in [1.82, 2.24) is 10.6 Å². The number of anilines is 1. The number of hydrogen-bond donors (Lipinski definition) is 4. The van der Waals surface area contributed by atoms with E-state index in [9.17, 15) is 24.3 Å². The number of carboxylic acid groups (broad SMARTS) is 1. The van der Waals surface area contributed by atoms with Crippen molar-refractivity contribution < 1.29 is 29.0 Å². The van der Waals surface area contributed by atoms with Gasteiger partial charge in [0.2, 0.25) is 11.8 Å². The molecule has 12 heteroatoms. The van der Waals surface area contributed by atoms with E-state index < -0.39 is 23.8 Å². The molecular formula is C17H20I3N3O6. The van der Waals surface area contributed by atoms with Crippen LogP contribution in [-0.2, 0) is 14.3 Å². The monoisotopic (exact) mass is 743 g/mol. The van der Waals surface area contributed by atoms with Gasteiger partial charge in [0, 0.05) is 17.7 Å². The standard InChI is InChI=1S/C17H20I3N3O6/c1-6(2)13(16(26)21-3)23-15(25)8-10(18)9(17(27)28)12(20)14(11(8)19)22-7(24)5-29-4/h6,13H,5H2,1-4H3,(H,21,26)(H,22,24)(H,23,25)(H,27,28)/t13-/m0/s1. The first-order chi connectivity index (χ1) is 13.5. The van der Waals surface area contributed by atoms with Crippen LogP contribution in [0.5, 0.6) is 0 Å². The van der Waals surface area contributed by atoms with E-state index in [0.29, 0.717) is 3.57 Å². The van der Waals surface area contributed by atoms with Crippen LogP contribution in [0.15, 0.2) is 0 Å². The van der Waals surface area contributed by atoms with Gasteiger partial charge in [0.1, 0.15) is 12.6 Å². The van der Waals surface area contributed by atoms with Crippen molar-refractivity contribution in [3.63, 3.8) is 0 Å². The SMILES string of the molecule is CNC(=O)[C@@H](NC(=O)c1c(I)c(NC(=O)COC)c(I)c(C(=O)O)c1I)C(C)C. The van der Waals surface area contributed by atoms with Crippen LogP contribution in [-0.4, -0.2) is 55.6 Å². The fourth-order valence-corrected chi connectivity index (χ4v) is 6.76. The molecule has 0 aliphatic carbocycles. The minimum absolute atomic E-state index is 0.0753. The quantitative estimate of drug-likeness (QED) is 0.303. The molecular weight excluding hydrogens is 723 g/mol. The normalized spacial score (nSPS) is 11.7. The highest BCUT2D eigenvalue weighted by Gasteiger charge is 2.31. The Morgan fingerprint density at radius 3 is 2.03 bits per heavy atom. The van der Waals surface area contributed by atoms with Crippen LogP contribution in [0.3, 0.4) is 0 Å². The summed E-state index contributed by atoms with van der Waals surface area (Å²) in [6.07, 6.45) is 0. The number of amides is 3. The lowest BCUT2D eigenvalue weighted by atomic mass is 10.0. The Morgan fingerprint density at radius 2 is 1.59 bits per heavy atom. The lowest BCUT2D eigenvalue weighted by molar-refractivity contribution is -0.123. The Labute approximate surface area is 208 Å². The van der Waals surface area contributed by atoms with Gasteiger partial charge in [0.05, 0.1) is 24.0 Å². The first-order valence-corrected chi connectivity index (χ1v) is 11.5. The molecule has 4 N–H and O–H groups in total. The number of rotatable bonds is 8. The highest BCUT2D eigenvalue weighted by molar-refractivity contribution is 14.1. The van der Waals surface area contributed by atoms with Gasteiger partial charge in [-0.05, 0) is 73.7 Å². The Hall–Kier alpha value is -0.750. The van der Waals surface area contributed by atoms with Crippen LogP contribution in [0.25, 0.3) is 0 Å². The van der Waals surface area contributed by atoms with E-state index in [4.69, 9.17) is 4.74 Å². The Kier molecular flexibility index (Phi) is 10.5. The molecule has 1 aromatic rings. The van der Waals surface area contributed by atoms with Gasteiger partial charge in [0.25, 0.3) is 5.91 Å². The number of halogens is 3. The van der Waals surface area contributed by atoms with Crippen molar-refractivity contribution in [3.05, 3.63) is 21.8 Å². The van der Waals surface area contributed by atoms with Crippen molar-refractivity contribution in [2.24, 2.45) is 5.92 Å². The van der Waals surface area contributed by atoms with Crippen molar-refractivity contribution >= 4 is 97.2 Å². The number of carbonyl (C=O) groups excluding carboxylic acids is 3. The van der Waals surface area contributed by atoms with Crippen molar-refractivity contribution in [3.8, 4) is 0 Å². The molecule has 29 heavy (non-hydrogen) atoms. The van der Waals surface area contributed by atoms with Gasteiger partial charge >= 0.3 is 5.97 Å². The fourth-order valence-electron chi connectivity index (χ4n) is 2.37. The van der Waals surface area contributed by atoms with Crippen molar-refractivity contribution in [1.29, 1.82) is 0 Å². The summed E-state index contributed by atoms with van der Waals surface area (Å²) in [6, 6.07) is -0.807. The molecule has 0 aromatic heterocycles. The zero-order chi connectivity index (χ0) is 22.5. The molecule has 1 rings (SSSR count). The molecule has 0 saturated carbocycles. The van der Waals surface area contributed by atoms with E-state index in [1.54, 1.807) is 36.4 Å². The summed E-state index contributed by atoms with van der Waals surface area (Å²) in [5.41, 5.74) is 0.175. The molecule has 3 amide bonds. The average molecular weight is 743 g/mol. The van der Waals surface area contributed by atoms with E-state index in [1.807, 2.05) is 45.2 Å². The summed E-state index contributed by atoms with van der Waals surface area (Å²) in [5, 5.41) is 17.4. The number of nitrogens with one attached hydrogen (secondary N) is 3. The summed E-state index contributed by atoms with van der Waals surface area (Å²) < 4.78 is 5.66. The highest BCUT2D eigenvalue weighted by Crippen LogP contribution is 2.35. The zero-order valence-corrected chi connectivity index (χ0v) is 22.5. The first-order valence-electron chi connectivity index (χ1n) is 8.22. The third-order valence-electron chi connectivity index (χ3n) is 3.78. The molecule has 0 radical (unpaired) electrons. The molecule has 1 atom stereocenters. The summed E-state index contributed by atoms with van der Waals surface area (Å²) in [7, 11) is 2.82. The average Bonchev–Trinajstić information content (AvgIpc) is 2.62. The van der Waals surface area contributed by atoms with Crippen LogP contribution >= 0.6 is 67.8 Å². The van der Waals surface area contributed by atoms with Gasteiger partial charge < -0.3 is 25.8 Å². The zero-order valence-electron chi connectivity index (χ0n) is 16.0. The number of hydrogen-bond acceptors (Lipinski definition) is 5. The van der Waals surface area contributed by atoms with Crippen LogP contribution in [0.2, 0.25) is 0 Å². The number of methoxy groups -OCH3 is 1. The predicted molar refractivity (Wildman–Crippen MR) is 132 cm³/mol. The number of ether oxygens (including phenoxy) is 1. The second-order valence-electron chi connectivity index (χ2n) is 6.16. The van der Waals surface area contributed by atoms with E-state index in [1.165, 1.54) is 14.2 Å². The Morgan fingerprint density at radius 1 is 1.03 bits per heavy atom. The molecule has 1 aromatic carbocycles. The van der Waals surface area contributed by atoms with Gasteiger partial charge in [-0.2, -0.15) is 0 Å². The molecule has 0 unspecified atom stereocenters. The first kappa shape index (κ1) is 26.3. The maximum absolute atomic E-state index is 13.0. The molecule has 0 bridgehead atoms. The van der Waals surface area contributed by atoms with E-state index in [0.717, 1.165) is 0 Å². The third-order valence-corrected chi connectivity index (χ3v) is 7.02. The number of aromatic carboxylic acids is 1. The van der Waals surface area contributed by atoms with E-state index in [2.05, 4.69) is 16.0 Å². The molecule has 0 spiro atoms. The molecule has 0 aliphatic rings. The third kappa shape index (κ3) is 6.36. The largest absolute Gasteiger partial charge is 0.478 e. The molecule has 0 heterocycles. The molecule has 0 aliphatic heterocycles. The maximum Gasteiger partial charge on any atom is 0.337 e. The smallest absolute Gasteiger partial charge is 0.337 e.